The molecule has 2 heterocycles. The molecule has 2 aromatic rings. The first-order valence-electron chi connectivity index (χ1n) is 12.3. The van der Waals surface area contributed by atoms with Crippen LogP contribution in [0.3, 0.4) is 0 Å². The van der Waals surface area contributed by atoms with E-state index in [1.807, 2.05) is 43.3 Å². The molecule has 188 valence electrons. The van der Waals surface area contributed by atoms with Gasteiger partial charge in [0.15, 0.2) is 0 Å². The Morgan fingerprint density at radius 3 is 2.46 bits per heavy atom. The smallest absolute Gasteiger partial charge is 0.105 e. The molecule has 1 fully saturated rings. The van der Waals surface area contributed by atoms with E-state index in [1.54, 1.807) is 6.20 Å². The summed E-state index contributed by atoms with van der Waals surface area (Å²) in [5.74, 6) is 0. The number of allylic oxidation sites excluding steroid dienone is 6. The van der Waals surface area contributed by atoms with E-state index in [0.717, 1.165) is 46.9 Å². The highest BCUT2D eigenvalue weighted by Crippen LogP contribution is 2.30. The zero-order valence-corrected chi connectivity index (χ0v) is 22.2. The third-order valence-electron chi connectivity index (χ3n) is 6.52. The number of aromatic nitrogens is 1. The number of nitrogens with two attached hydrogens (primary N) is 1. The molecule has 35 heavy (non-hydrogen) atoms. The summed E-state index contributed by atoms with van der Waals surface area (Å²) in [7, 11) is 0. The minimum Gasteiger partial charge on any atom is -0.384 e. The second kappa shape index (κ2) is 13.4. The van der Waals surface area contributed by atoms with Crippen LogP contribution < -0.4 is 11.1 Å². The van der Waals surface area contributed by atoms with Crippen LogP contribution in [0.2, 0.25) is 5.02 Å². The molecule has 1 aromatic carbocycles. The molecule has 1 aliphatic carbocycles. The normalized spacial score (nSPS) is 24.6. The van der Waals surface area contributed by atoms with Crippen LogP contribution in [0.25, 0.3) is 0 Å². The van der Waals surface area contributed by atoms with Crippen LogP contribution in [0.4, 0.5) is 0 Å². The number of nitrogens with one attached hydrogen (secondary N) is 1. The third-order valence-corrected chi connectivity index (χ3v) is 7.31. The van der Waals surface area contributed by atoms with Gasteiger partial charge in [-0.1, -0.05) is 71.8 Å². The molecular weight excluding hydrogens is 477 g/mol. The summed E-state index contributed by atoms with van der Waals surface area (Å²) < 4.78 is 0. The van der Waals surface area contributed by atoms with E-state index in [1.165, 1.54) is 12.0 Å². The van der Waals surface area contributed by atoms with E-state index in [9.17, 15) is 5.11 Å². The molecule has 1 aromatic heterocycles. The molecule has 0 spiro atoms. The summed E-state index contributed by atoms with van der Waals surface area (Å²) in [5.41, 5.74) is 8.82. The van der Waals surface area contributed by atoms with E-state index >= 15 is 0 Å². The van der Waals surface area contributed by atoms with Crippen LogP contribution >= 0.6 is 23.2 Å². The van der Waals surface area contributed by atoms with Crippen LogP contribution in [0.5, 0.6) is 0 Å². The predicted octanol–water partition coefficient (Wildman–Crippen LogP) is 6.56. The number of nitrogens with zero attached hydrogens (tertiary/aromatic N) is 1. The SMILES string of the molecule is CC1CCC(CC(C)(O)c2ncccc2CN)N1.Cl/C1=C(\Cc2ccccc2Cl)C/C=C\C=CC1. The minimum atomic E-state index is -0.919. The first-order valence-corrected chi connectivity index (χ1v) is 13.1. The standard InChI is InChI=1S/C15H14Cl2.C14H23N3O/c16-14-9-4-2-1-3-7-12(14)11-13-8-5-6-10-15(13)17;1-10-5-6-12(17-10)8-14(2,18)13-11(9-15)4-3-7-16-13/h1-6,8,10H,7,9,11H2;3-4,7,10,12,17-18H,5-6,8-9,15H2,1-2H3/b3-1-,4-2?,14-12-;. The lowest BCUT2D eigenvalue weighted by molar-refractivity contribution is 0.0329. The third kappa shape index (κ3) is 8.30. The van der Waals surface area contributed by atoms with Gasteiger partial charge >= 0.3 is 0 Å². The van der Waals surface area contributed by atoms with Crippen LogP contribution in [0, 0.1) is 0 Å². The number of halogens is 2. The summed E-state index contributed by atoms with van der Waals surface area (Å²) in [6.07, 6.45) is 15.5. The molecule has 0 amide bonds. The fraction of sp³-hybridized carbons (Fsp3) is 0.414. The zero-order chi connectivity index (χ0) is 25.3. The van der Waals surface area contributed by atoms with Gasteiger partial charge in [0.1, 0.15) is 5.60 Å². The van der Waals surface area contributed by atoms with E-state index in [0.29, 0.717) is 30.7 Å². The van der Waals surface area contributed by atoms with Crippen molar-refractivity contribution in [1.29, 1.82) is 0 Å². The summed E-state index contributed by atoms with van der Waals surface area (Å²) in [6, 6.07) is 12.6. The quantitative estimate of drug-likeness (QED) is 0.408. The topological polar surface area (TPSA) is 71.2 Å². The minimum absolute atomic E-state index is 0.364. The fourth-order valence-corrected chi connectivity index (χ4v) is 5.12. The molecule has 0 bridgehead atoms. The molecule has 3 atom stereocenters. The van der Waals surface area contributed by atoms with E-state index in [-0.39, 0.29) is 0 Å². The van der Waals surface area contributed by atoms with Crippen LogP contribution in [-0.2, 0) is 18.6 Å². The predicted molar refractivity (Wildman–Crippen MR) is 147 cm³/mol. The average Bonchev–Trinajstić information content (AvgIpc) is 3.24. The lowest BCUT2D eigenvalue weighted by Crippen LogP contribution is -2.36. The highest BCUT2D eigenvalue weighted by molar-refractivity contribution is 6.31. The molecule has 3 unspecified atom stereocenters. The van der Waals surface area contributed by atoms with Gasteiger partial charge in [0.05, 0.1) is 5.69 Å². The maximum Gasteiger partial charge on any atom is 0.105 e. The second-order valence-corrected chi connectivity index (χ2v) is 10.4. The van der Waals surface area contributed by atoms with Gasteiger partial charge in [-0.2, -0.15) is 0 Å². The van der Waals surface area contributed by atoms with Crippen molar-refractivity contribution in [3.63, 3.8) is 0 Å². The summed E-state index contributed by atoms with van der Waals surface area (Å²) >= 11 is 12.5. The molecule has 4 rings (SSSR count). The van der Waals surface area contributed by atoms with Crippen molar-refractivity contribution in [2.45, 2.75) is 76.6 Å². The van der Waals surface area contributed by atoms with Crippen molar-refractivity contribution in [2.75, 3.05) is 0 Å². The first kappa shape index (κ1) is 27.6. The summed E-state index contributed by atoms with van der Waals surface area (Å²) in [4.78, 5) is 4.32. The molecule has 1 aliphatic heterocycles. The first-order chi connectivity index (χ1) is 16.8. The second-order valence-electron chi connectivity index (χ2n) is 9.58. The van der Waals surface area contributed by atoms with E-state index in [2.05, 4.69) is 41.5 Å². The van der Waals surface area contributed by atoms with Gasteiger partial charge in [-0.15, -0.1) is 0 Å². The molecule has 2 aliphatic rings. The van der Waals surface area contributed by atoms with Gasteiger partial charge in [0.2, 0.25) is 0 Å². The number of hydrogen-bond donors (Lipinski definition) is 3. The van der Waals surface area contributed by atoms with Crippen LogP contribution in [0.1, 0.15) is 62.8 Å². The Morgan fingerprint density at radius 1 is 1.06 bits per heavy atom. The maximum absolute atomic E-state index is 10.7. The number of aliphatic hydroxyl groups is 1. The Kier molecular flexibility index (Phi) is 10.6. The van der Waals surface area contributed by atoms with Crippen molar-refractivity contribution >= 4 is 23.2 Å². The number of benzene rings is 1. The molecule has 4 N–H and O–H groups in total. The van der Waals surface area contributed by atoms with Crippen molar-refractivity contribution in [3.05, 3.63) is 99.3 Å². The Bertz CT molecular complexity index is 1060. The van der Waals surface area contributed by atoms with Crippen molar-refractivity contribution in [3.8, 4) is 0 Å². The van der Waals surface area contributed by atoms with Gasteiger partial charge in [-0.05, 0) is 74.8 Å². The fourth-order valence-electron chi connectivity index (χ4n) is 4.68. The molecule has 0 radical (unpaired) electrons. The van der Waals surface area contributed by atoms with Gasteiger partial charge in [0.25, 0.3) is 0 Å². The molecule has 4 nitrogen and oxygen atoms in total. The molecule has 6 heteroatoms. The Labute approximate surface area is 219 Å². The van der Waals surface area contributed by atoms with Crippen molar-refractivity contribution < 1.29 is 5.11 Å². The lowest BCUT2D eigenvalue weighted by Gasteiger charge is -2.28. The van der Waals surface area contributed by atoms with Crippen LogP contribution in [0.15, 0.2) is 77.5 Å². The molecular formula is C29H37Cl2N3O. The highest BCUT2D eigenvalue weighted by atomic mass is 35.5. The van der Waals surface area contributed by atoms with Crippen molar-refractivity contribution in [1.82, 2.24) is 10.3 Å². The van der Waals surface area contributed by atoms with E-state index < -0.39 is 5.60 Å². The van der Waals surface area contributed by atoms with Crippen molar-refractivity contribution in [2.24, 2.45) is 5.73 Å². The van der Waals surface area contributed by atoms with Gasteiger partial charge in [-0.25, -0.2) is 0 Å². The number of rotatable bonds is 6. The Balaban J connectivity index is 0.000000196. The van der Waals surface area contributed by atoms with E-state index in [4.69, 9.17) is 28.9 Å². The monoisotopic (exact) mass is 513 g/mol. The summed E-state index contributed by atoms with van der Waals surface area (Å²) in [5, 5.41) is 15.9. The van der Waals surface area contributed by atoms with Gasteiger partial charge in [-0.3, -0.25) is 4.98 Å². The maximum atomic E-state index is 10.7. The number of hydrogen-bond acceptors (Lipinski definition) is 4. The lowest BCUT2D eigenvalue weighted by atomic mass is 9.89. The molecule has 1 saturated heterocycles. The summed E-state index contributed by atoms with van der Waals surface area (Å²) in [6.45, 7) is 4.42. The Morgan fingerprint density at radius 2 is 1.77 bits per heavy atom. The van der Waals surface area contributed by atoms with Gasteiger partial charge in [0, 0.05) is 41.3 Å². The van der Waals surface area contributed by atoms with Gasteiger partial charge < -0.3 is 16.2 Å². The zero-order valence-electron chi connectivity index (χ0n) is 20.7. The van der Waals surface area contributed by atoms with Crippen LogP contribution in [-0.4, -0.2) is 22.2 Å². The largest absolute Gasteiger partial charge is 0.384 e. The molecule has 0 saturated carbocycles. The number of pyridine rings is 1. The highest BCUT2D eigenvalue weighted by Gasteiger charge is 2.33. The average molecular weight is 515 g/mol. The Hall–Kier alpha value is -1.95.